The first-order chi connectivity index (χ1) is 11.5. The molecule has 124 valence electrons. The zero-order chi connectivity index (χ0) is 17.1. The molecule has 1 amide bonds. The molecule has 0 aliphatic rings. The third kappa shape index (κ3) is 3.77. The molecule has 8 heteroatoms. The van der Waals surface area contributed by atoms with E-state index in [2.05, 4.69) is 20.3 Å². The highest BCUT2D eigenvalue weighted by atomic mass is 32.1. The number of nitrogens with zero attached hydrogens (tertiary/aromatic N) is 2. The van der Waals surface area contributed by atoms with E-state index in [1.807, 2.05) is 22.9 Å². The molecule has 2 N–H and O–H groups in total. The summed E-state index contributed by atoms with van der Waals surface area (Å²) in [5.74, 6) is 0.413. The second-order valence-electron chi connectivity index (χ2n) is 5.28. The fourth-order valence-electron chi connectivity index (χ4n) is 2.33. The predicted molar refractivity (Wildman–Crippen MR) is 96.7 cm³/mol. The number of carbonyl (C=O) groups is 1. The molecule has 3 heterocycles. The van der Waals surface area contributed by atoms with Crippen LogP contribution in [0.5, 0.6) is 0 Å². The summed E-state index contributed by atoms with van der Waals surface area (Å²) in [7, 11) is 0. The number of H-pyrrole nitrogens is 1. The lowest BCUT2D eigenvalue weighted by Crippen LogP contribution is -2.20. The lowest BCUT2D eigenvalue weighted by atomic mass is 10.1. The van der Waals surface area contributed by atoms with Crippen LogP contribution in [0.1, 0.15) is 23.5 Å². The average molecular weight is 360 g/mol. The molecule has 3 aromatic heterocycles. The fraction of sp³-hybridized carbons (Fsp3) is 0.250. The lowest BCUT2D eigenvalue weighted by Gasteiger charge is -2.05. The molecule has 0 aliphatic heterocycles. The van der Waals surface area contributed by atoms with Gasteiger partial charge in [-0.25, -0.2) is 9.97 Å². The minimum atomic E-state index is -0.179. The molecule has 0 saturated carbocycles. The molecule has 0 aromatic carbocycles. The summed E-state index contributed by atoms with van der Waals surface area (Å²) in [4.78, 5) is 36.4. The van der Waals surface area contributed by atoms with Crippen LogP contribution in [-0.2, 0) is 11.2 Å². The number of aromatic amines is 1. The number of carbonyl (C=O) groups excluding carboxylic acids is 1. The van der Waals surface area contributed by atoms with E-state index < -0.39 is 0 Å². The normalized spacial score (nSPS) is 10.8. The Morgan fingerprint density at radius 1 is 1.29 bits per heavy atom. The van der Waals surface area contributed by atoms with Crippen molar-refractivity contribution in [1.29, 1.82) is 0 Å². The van der Waals surface area contributed by atoms with E-state index in [-0.39, 0.29) is 17.9 Å². The van der Waals surface area contributed by atoms with Gasteiger partial charge in [0.15, 0.2) is 5.13 Å². The van der Waals surface area contributed by atoms with Gasteiger partial charge in [0.05, 0.1) is 10.6 Å². The van der Waals surface area contributed by atoms with Crippen LogP contribution < -0.4 is 10.9 Å². The van der Waals surface area contributed by atoms with Gasteiger partial charge in [0.2, 0.25) is 5.91 Å². The van der Waals surface area contributed by atoms with Crippen LogP contribution >= 0.6 is 22.7 Å². The highest BCUT2D eigenvalue weighted by Crippen LogP contribution is 2.28. The summed E-state index contributed by atoms with van der Waals surface area (Å²) in [6.45, 7) is 3.52. The van der Waals surface area contributed by atoms with Gasteiger partial charge >= 0.3 is 0 Å². The molecule has 0 fully saturated rings. The van der Waals surface area contributed by atoms with Crippen molar-refractivity contribution in [3.05, 3.63) is 50.3 Å². The number of thiophene rings is 1. The van der Waals surface area contributed by atoms with Crippen LogP contribution in [0.3, 0.4) is 0 Å². The van der Waals surface area contributed by atoms with Crippen LogP contribution in [0.15, 0.2) is 27.7 Å². The number of amides is 1. The molecule has 0 atom stereocenters. The van der Waals surface area contributed by atoms with Gasteiger partial charge in [0.25, 0.3) is 5.56 Å². The Balaban J connectivity index is 1.62. The Labute approximate surface area is 146 Å². The van der Waals surface area contributed by atoms with Gasteiger partial charge in [-0.2, -0.15) is 0 Å². The molecule has 0 unspecified atom stereocenters. The molecule has 0 spiro atoms. The largest absolute Gasteiger partial charge is 0.311 e. The summed E-state index contributed by atoms with van der Waals surface area (Å²) in [5.41, 5.74) is 1.90. The molecular weight excluding hydrogens is 344 g/mol. The Morgan fingerprint density at radius 3 is 2.83 bits per heavy atom. The Kier molecular flexibility index (Phi) is 4.86. The molecule has 6 nitrogen and oxygen atoms in total. The van der Waals surface area contributed by atoms with Gasteiger partial charge in [-0.3, -0.25) is 9.59 Å². The van der Waals surface area contributed by atoms with Gasteiger partial charge in [0, 0.05) is 23.1 Å². The highest BCUT2D eigenvalue weighted by molar-refractivity contribution is 7.16. The van der Waals surface area contributed by atoms with Crippen LogP contribution in [0.4, 0.5) is 5.13 Å². The van der Waals surface area contributed by atoms with Crippen LogP contribution in [-0.4, -0.2) is 20.9 Å². The monoisotopic (exact) mass is 360 g/mol. The van der Waals surface area contributed by atoms with Crippen molar-refractivity contribution in [3.8, 4) is 10.6 Å². The number of nitrogens with one attached hydrogen (secondary N) is 2. The van der Waals surface area contributed by atoms with Crippen LogP contribution in [0, 0.1) is 13.8 Å². The van der Waals surface area contributed by atoms with Crippen molar-refractivity contribution < 1.29 is 4.79 Å². The summed E-state index contributed by atoms with van der Waals surface area (Å²) in [5, 5.41) is 7.26. The van der Waals surface area contributed by atoms with E-state index in [1.54, 1.807) is 25.2 Å². The third-order valence-electron chi connectivity index (χ3n) is 3.47. The summed E-state index contributed by atoms with van der Waals surface area (Å²) in [6.07, 6.45) is 0.562. The molecule has 24 heavy (non-hydrogen) atoms. The number of hydrogen-bond acceptors (Lipinski definition) is 6. The number of aromatic nitrogens is 3. The SMILES string of the molecule is Cc1nc(C)c(CCC(=O)Nc2nc(-c3cccs3)cs2)c(=O)[nH]1. The molecule has 0 saturated heterocycles. The second kappa shape index (κ2) is 7.06. The zero-order valence-corrected chi connectivity index (χ0v) is 14.9. The fourth-order valence-corrected chi connectivity index (χ4v) is 3.82. The highest BCUT2D eigenvalue weighted by Gasteiger charge is 2.12. The average Bonchev–Trinajstić information content (AvgIpc) is 3.16. The van der Waals surface area contributed by atoms with Gasteiger partial charge in [-0.05, 0) is 31.7 Å². The van der Waals surface area contributed by atoms with Crippen LogP contribution in [0.2, 0.25) is 0 Å². The molecule has 3 aromatic rings. The van der Waals surface area contributed by atoms with Crippen molar-refractivity contribution in [2.45, 2.75) is 26.7 Å². The van der Waals surface area contributed by atoms with Gasteiger partial charge < -0.3 is 10.3 Å². The first-order valence-corrected chi connectivity index (χ1v) is 9.14. The number of rotatable bonds is 5. The molecule has 3 rings (SSSR count). The van der Waals surface area contributed by atoms with E-state index in [9.17, 15) is 9.59 Å². The first-order valence-electron chi connectivity index (χ1n) is 7.38. The second-order valence-corrected chi connectivity index (χ2v) is 7.08. The van der Waals surface area contributed by atoms with E-state index in [0.717, 1.165) is 10.6 Å². The van der Waals surface area contributed by atoms with Crippen molar-refractivity contribution >= 4 is 33.7 Å². The predicted octanol–water partition coefficient (Wildman–Crippen LogP) is 3.14. The van der Waals surface area contributed by atoms with Crippen LogP contribution in [0.25, 0.3) is 10.6 Å². The quantitative estimate of drug-likeness (QED) is 0.732. The number of anilines is 1. The topological polar surface area (TPSA) is 87.7 Å². The standard InChI is InChI=1S/C16H16N4O2S2/c1-9-11(15(22)18-10(2)17-9)5-6-14(21)20-16-19-12(8-24-16)13-4-3-7-23-13/h3-4,7-8H,5-6H2,1-2H3,(H,17,18,22)(H,19,20,21). The maximum Gasteiger partial charge on any atom is 0.254 e. The Hall–Kier alpha value is -2.32. The summed E-state index contributed by atoms with van der Waals surface area (Å²) >= 11 is 3.00. The van der Waals surface area contributed by atoms with Gasteiger partial charge in [0.1, 0.15) is 5.82 Å². The van der Waals surface area contributed by atoms with Crippen molar-refractivity contribution in [2.75, 3.05) is 5.32 Å². The smallest absolute Gasteiger partial charge is 0.254 e. The lowest BCUT2D eigenvalue weighted by molar-refractivity contribution is -0.116. The van der Waals surface area contributed by atoms with Gasteiger partial charge in [-0.1, -0.05) is 6.07 Å². The molecular formula is C16H16N4O2S2. The number of hydrogen-bond donors (Lipinski definition) is 2. The van der Waals surface area contributed by atoms with Crippen molar-refractivity contribution in [3.63, 3.8) is 0 Å². The number of aryl methyl sites for hydroxylation is 2. The molecule has 0 radical (unpaired) electrons. The Bertz CT molecular complexity index is 913. The number of thiazole rings is 1. The first kappa shape index (κ1) is 16.5. The Morgan fingerprint density at radius 2 is 2.12 bits per heavy atom. The maximum absolute atomic E-state index is 12.1. The van der Waals surface area contributed by atoms with E-state index in [1.165, 1.54) is 11.3 Å². The van der Waals surface area contributed by atoms with Gasteiger partial charge in [-0.15, -0.1) is 22.7 Å². The zero-order valence-electron chi connectivity index (χ0n) is 13.3. The van der Waals surface area contributed by atoms with E-state index >= 15 is 0 Å². The summed E-state index contributed by atoms with van der Waals surface area (Å²) < 4.78 is 0. The van der Waals surface area contributed by atoms with Crippen molar-refractivity contribution in [2.24, 2.45) is 0 Å². The molecule has 0 bridgehead atoms. The van der Waals surface area contributed by atoms with Crippen molar-refractivity contribution in [1.82, 2.24) is 15.0 Å². The van der Waals surface area contributed by atoms with E-state index in [0.29, 0.717) is 28.6 Å². The molecule has 0 aliphatic carbocycles. The summed E-state index contributed by atoms with van der Waals surface area (Å²) in [6, 6.07) is 3.96. The third-order valence-corrected chi connectivity index (χ3v) is 5.12. The minimum Gasteiger partial charge on any atom is -0.311 e. The maximum atomic E-state index is 12.1. The minimum absolute atomic E-state index is 0.165. The van der Waals surface area contributed by atoms with E-state index in [4.69, 9.17) is 0 Å².